The van der Waals surface area contributed by atoms with Crippen LogP contribution in [-0.4, -0.2) is 52.0 Å². The van der Waals surface area contributed by atoms with Crippen LogP contribution in [0, 0.1) is 24.5 Å². The van der Waals surface area contributed by atoms with E-state index in [2.05, 4.69) is 4.98 Å². The van der Waals surface area contributed by atoms with Gasteiger partial charge in [0.1, 0.15) is 17.3 Å². The number of halogens is 2. The van der Waals surface area contributed by atoms with E-state index in [1.807, 2.05) is 73.3 Å². The fourth-order valence-corrected chi connectivity index (χ4v) is 8.52. The van der Waals surface area contributed by atoms with Gasteiger partial charge in [0.25, 0.3) is 0 Å². The molecule has 3 aromatic carbocycles. The average molecular weight is 723 g/mol. The zero-order valence-electron chi connectivity index (χ0n) is 31.4. The third-order valence-corrected chi connectivity index (χ3v) is 11.4. The maximum atomic E-state index is 14.4. The second kappa shape index (κ2) is 16.8. The molecule has 2 aliphatic rings. The van der Waals surface area contributed by atoms with Crippen LogP contribution in [0.5, 0.6) is 0 Å². The Morgan fingerprint density at radius 2 is 1.49 bits per heavy atom. The van der Waals surface area contributed by atoms with Crippen molar-refractivity contribution in [3.63, 3.8) is 0 Å². The average Bonchev–Trinajstić information content (AvgIpc) is 3.49. The van der Waals surface area contributed by atoms with Crippen LogP contribution in [0.3, 0.4) is 0 Å². The monoisotopic (exact) mass is 722 g/mol. The number of fused-ring (bicyclic) bond motifs is 1. The number of nitrogens with zero attached hydrogens (tertiary/aromatic N) is 3. The van der Waals surface area contributed by atoms with E-state index in [1.165, 1.54) is 12.1 Å². The van der Waals surface area contributed by atoms with Crippen molar-refractivity contribution in [3.8, 4) is 11.3 Å². The summed E-state index contributed by atoms with van der Waals surface area (Å²) < 4.78 is 41.5. The Morgan fingerprint density at radius 3 is 2.09 bits per heavy atom. The molecular weight excluding hydrogens is 671 g/mol. The third kappa shape index (κ3) is 9.08. The molecule has 0 amide bonds. The minimum absolute atomic E-state index is 0.125. The number of benzene rings is 3. The van der Waals surface area contributed by atoms with Gasteiger partial charge in [-0.05, 0) is 111 Å². The molecule has 7 rings (SSSR count). The maximum Gasteiger partial charge on any atom is 0.163 e. The third-order valence-electron chi connectivity index (χ3n) is 11.4. The lowest BCUT2D eigenvalue weighted by molar-refractivity contribution is -0.0546. The van der Waals surface area contributed by atoms with Crippen LogP contribution in [0.1, 0.15) is 85.0 Å². The summed E-state index contributed by atoms with van der Waals surface area (Å²) in [5, 5.41) is 5.69. The summed E-state index contributed by atoms with van der Waals surface area (Å²) in [5.74, 6) is -0.0227. The minimum Gasteiger partial charge on any atom is -0.378 e. The number of ketones is 1. The van der Waals surface area contributed by atoms with Gasteiger partial charge in [-0.2, -0.15) is 5.10 Å². The van der Waals surface area contributed by atoms with Crippen LogP contribution in [0.15, 0.2) is 85.1 Å². The fourth-order valence-electron chi connectivity index (χ4n) is 8.52. The first-order valence-electron chi connectivity index (χ1n) is 18.8. The van der Waals surface area contributed by atoms with Crippen molar-refractivity contribution in [1.82, 2.24) is 14.8 Å². The summed E-state index contributed by atoms with van der Waals surface area (Å²) in [5.41, 5.74) is 11.1. The summed E-state index contributed by atoms with van der Waals surface area (Å²) in [4.78, 5) is 17.7. The van der Waals surface area contributed by atoms with Gasteiger partial charge in [0.05, 0.1) is 16.7 Å². The molecule has 0 spiro atoms. The minimum atomic E-state index is -0.439. The molecule has 2 heterocycles. The molecule has 4 unspecified atom stereocenters. The highest BCUT2D eigenvalue weighted by Gasteiger charge is 2.38. The van der Waals surface area contributed by atoms with Gasteiger partial charge in [-0.25, -0.2) is 8.78 Å². The number of pyridine rings is 1. The van der Waals surface area contributed by atoms with E-state index in [9.17, 15) is 13.6 Å². The second-order valence-corrected chi connectivity index (χ2v) is 15.1. The summed E-state index contributed by atoms with van der Waals surface area (Å²) in [6.45, 7) is 1.96. The predicted octanol–water partition coefficient (Wildman–Crippen LogP) is 9.13. The van der Waals surface area contributed by atoms with Gasteiger partial charge >= 0.3 is 0 Å². The lowest BCUT2D eigenvalue weighted by atomic mass is 9.73. The standard InChI is InChI=1S/C30H32FN3O2.C14H20FNO/c1-20-15-23(12-14-32-20)29-25-17-22(10-11-27(25)34(2)33-29)28(35)16-21-7-6-13-30(18-21,36-3)19-24-8-4-5-9-26(24)31;1-17-14(8-4-6-12(16)10-14)9-11-5-2-3-7-13(11)15/h4-5,8-12,14-15,17,21H,6-7,13,16,18-19H2,1-3H3;2-3,5,7,12H,4,6,8-10,16H2,1H3. The van der Waals surface area contributed by atoms with Crippen molar-refractivity contribution >= 4 is 16.7 Å². The molecular formula is C44H52F2N4O3. The predicted molar refractivity (Wildman–Crippen MR) is 206 cm³/mol. The lowest BCUT2D eigenvalue weighted by Gasteiger charge is -2.40. The number of aromatic nitrogens is 3. The van der Waals surface area contributed by atoms with Crippen molar-refractivity contribution in [2.24, 2.45) is 18.7 Å². The number of nitrogens with two attached hydrogens (primary N) is 1. The Labute approximate surface area is 311 Å². The molecule has 0 bridgehead atoms. The Balaban J connectivity index is 0.000000236. The molecule has 0 saturated heterocycles. The van der Waals surface area contributed by atoms with Gasteiger partial charge in [-0.3, -0.25) is 14.5 Å². The molecule has 7 nitrogen and oxygen atoms in total. The van der Waals surface area contributed by atoms with E-state index in [0.29, 0.717) is 30.4 Å². The van der Waals surface area contributed by atoms with Gasteiger partial charge in [-0.15, -0.1) is 0 Å². The number of rotatable bonds is 10. The molecule has 2 fully saturated rings. The van der Waals surface area contributed by atoms with Gasteiger partial charge in [0.2, 0.25) is 0 Å². The highest BCUT2D eigenvalue weighted by Crippen LogP contribution is 2.40. The number of hydrogen-bond acceptors (Lipinski definition) is 6. The Bertz CT molecular complexity index is 2030. The molecule has 0 radical (unpaired) electrons. The van der Waals surface area contributed by atoms with Crippen molar-refractivity contribution in [2.75, 3.05) is 14.2 Å². The van der Waals surface area contributed by atoms with Crippen LogP contribution in [0.2, 0.25) is 0 Å². The molecule has 9 heteroatoms. The number of hydrogen-bond donors (Lipinski definition) is 1. The van der Waals surface area contributed by atoms with E-state index in [-0.39, 0.29) is 35.0 Å². The van der Waals surface area contributed by atoms with Crippen molar-refractivity contribution < 1.29 is 23.0 Å². The van der Waals surface area contributed by atoms with E-state index in [0.717, 1.165) is 84.8 Å². The van der Waals surface area contributed by atoms with Crippen LogP contribution < -0.4 is 5.73 Å². The summed E-state index contributed by atoms with van der Waals surface area (Å²) in [6, 6.07) is 23.8. The number of aryl methyl sites for hydroxylation is 2. The molecule has 5 aromatic rings. The quantitative estimate of drug-likeness (QED) is 0.145. The smallest absolute Gasteiger partial charge is 0.163 e. The maximum absolute atomic E-state index is 14.4. The zero-order chi connectivity index (χ0) is 37.6. The first-order valence-corrected chi connectivity index (χ1v) is 18.8. The Kier molecular flexibility index (Phi) is 12.2. The van der Waals surface area contributed by atoms with E-state index < -0.39 is 5.60 Å². The van der Waals surface area contributed by atoms with E-state index >= 15 is 0 Å². The Morgan fingerprint density at radius 1 is 0.868 bits per heavy atom. The summed E-state index contributed by atoms with van der Waals surface area (Å²) in [6.07, 6.45) is 10.8. The number of Topliss-reactive ketones (excluding diaryl/α,β-unsaturated/α-hetero) is 1. The largest absolute Gasteiger partial charge is 0.378 e. The molecule has 2 aromatic heterocycles. The van der Waals surface area contributed by atoms with Crippen molar-refractivity contribution in [1.29, 1.82) is 0 Å². The SMILES string of the molecule is COC1(Cc2ccccc2F)CCCC(CC(=O)c2ccc3c(c2)c(-c2ccnc(C)c2)nn3C)C1.COC1(Cc2ccccc2F)CCCC(N)C1. The van der Waals surface area contributed by atoms with Crippen LogP contribution in [0.25, 0.3) is 22.2 Å². The molecule has 4 atom stereocenters. The molecule has 2 N–H and O–H groups in total. The normalized spacial score (nSPS) is 23.0. The molecule has 280 valence electrons. The summed E-state index contributed by atoms with van der Waals surface area (Å²) in [7, 11) is 5.34. The molecule has 2 aliphatic carbocycles. The van der Waals surface area contributed by atoms with E-state index in [4.69, 9.17) is 20.3 Å². The van der Waals surface area contributed by atoms with Crippen LogP contribution >= 0.6 is 0 Å². The number of carbonyl (C=O) groups excluding carboxylic acids is 1. The van der Waals surface area contributed by atoms with E-state index in [1.54, 1.807) is 32.5 Å². The fraction of sp³-hybridized carbons (Fsp3) is 0.432. The topological polar surface area (TPSA) is 92.3 Å². The van der Waals surface area contributed by atoms with Gasteiger partial charge in [-0.1, -0.05) is 42.8 Å². The van der Waals surface area contributed by atoms with Gasteiger partial charge < -0.3 is 15.2 Å². The molecule has 0 aliphatic heterocycles. The first kappa shape index (κ1) is 38.4. The van der Waals surface area contributed by atoms with Gasteiger partial charge in [0.15, 0.2) is 5.78 Å². The zero-order valence-corrected chi connectivity index (χ0v) is 31.4. The Hall–Kier alpha value is -4.31. The van der Waals surface area contributed by atoms with Crippen LogP contribution in [0.4, 0.5) is 8.78 Å². The molecule has 2 saturated carbocycles. The molecule has 53 heavy (non-hydrogen) atoms. The lowest BCUT2D eigenvalue weighted by Crippen LogP contribution is -2.44. The number of methoxy groups -OCH3 is 2. The van der Waals surface area contributed by atoms with Crippen molar-refractivity contribution in [2.45, 2.75) is 94.8 Å². The highest BCUT2D eigenvalue weighted by atomic mass is 19.1. The number of ether oxygens (including phenoxy) is 2. The van der Waals surface area contributed by atoms with Gasteiger partial charge in [0, 0.05) is 75.0 Å². The van der Waals surface area contributed by atoms with Crippen molar-refractivity contribution in [3.05, 3.63) is 119 Å². The first-order chi connectivity index (χ1) is 25.5. The highest BCUT2D eigenvalue weighted by molar-refractivity contribution is 6.02. The number of carbonyl (C=O) groups is 1. The summed E-state index contributed by atoms with van der Waals surface area (Å²) >= 11 is 0. The van der Waals surface area contributed by atoms with Crippen LogP contribution in [-0.2, 0) is 29.4 Å². The second-order valence-electron chi connectivity index (χ2n) is 15.1.